The lowest BCUT2D eigenvalue weighted by Gasteiger charge is -2.24. The van der Waals surface area contributed by atoms with Crippen LogP contribution < -0.4 is 5.32 Å². The summed E-state index contributed by atoms with van der Waals surface area (Å²) in [5.74, 6) is 1.54. The number of rotatable bonds is 5. The number of para-hydroxylation sites is 3. The fourth-order valence-electron chi connectivity index (χ4n) is 7.45. The zero-order chi connectivity index (χ0) is 33.0. The molecule has 1 aliphatic rings. The van der Waals surface area contributed by atoms with Crippen LogP contribution in [-0.4, -0.2) is 20.8 Å². The lowest BCUT2D eigenvalue weighted by molar-refractivity contribution is 0.674. The normalized spacial score (nSPS) is 14.6. The van der Waals surface area contributed by atoms with E-state index in [1.165, 1.54) is 43.6 Å². The molecule has 3 heterocycles. The van der Waals surface area contributed by atoms with Gasteiger partial charge in [-0.3, -0.25) is 0 Å². The van der Waals surface area contributed by atoms with Gasteiger partial charge in [0.05, 0.1) is 22.1 Å². The van der Waals surface area contributed by atoms with Crippen molar-refractivity contribution in [2.75, 3.05) is 0 Å². The molecule has 1 atom stereocenters. The van der Waals surface area contributed by atoms with Gasteiger partial charge in [0.1, 0.15) is 12.0 Å². The summed E-state index contributed by atoms with van der Waals surface area (Å²) in [6.45, 7) is 0. The number of aliphatic imine (C=N–C) groups is 2. The van der Waals surface area contributed by atoms with Crippen LogP contribution in [0.4, 0.5) is 0 Å². The third-order valence-corrected chi connectivity index (χ3v) is 9.77. The first-order valence-electron chi connectivity index (χ1n) is 17.0. The largest absolute Gasteiger partial charge is 0.344 e. The minimum absolute atomic E-state index is 0.283. The van der Waals surface area contributed by atoms with Gasteiger partial charge in [-0.05, 0) is 54.1 Å². The molecule has 0 radical (unpaired) electrons. The van der Waals surface area contributed by atoms with Crippen molar-refractivity contribution in [3.63, 3.8) is 0 Å². The van der Waals surface area contributed by atoms with Crippen LogP contribution in [0.5, 0.6) is 0 Å². The van der Waals surface area contributed by atoms with Gasteiger partial charge >= 0.3 is 0 Å². The molecular weight excluding hydrogens is 611 g/mol. The van der Waals surface area contributed by atoms with Crippen LogP contribution in [0, 0.1) is 0 Å². The number of amidine groups is 2. The Labute approximate surface area is 289 Å². The van der Waals surface area contributed by atoms with Gasteiger partial charge < -0.3 is 14.5 Å². The zero-order valence-corrected chi connectivity index (χ0v) is 27.1. The van der Waals surface area contributed by atoms with Crippen LogP contribution in [0.1, 0.15) is 22.9 Å². The van der Waals surface area contributed by atoms with Gasteiger partial charge in [-0.1, -0.05) is 127 Å². The molecule has 0 saturated carbocycles. The molecule has 0 saturated heterocycles. The maximum absolute atomic E-state index is 5.09. The van der Waals surface area contributed by atoms with Gasteiger partial charge in [-0.2, -0.15) is 0 Å². The molecule has 10 rings (SSSR count). The molecule has 5 heteroatoms. The van der Waals surface area contributed by atoms with Crippen molar-refractivity contribution in [1.82, 2.24) is 14.5 Å². The zero-order valence-electron chi connectivity index (χ0n) is 27.1. The minimum atomic E-state index is -0.283. The monoisotopic (exact) mass is 641 g/mol. The number of aromatic nitrogens is 2. The minimum Gasteiger partial charge on any atom is -0.344 e. The summed E-state index contributed by atoms with van der Waals surface area (Å²) in [7, 11) is 0. The van der Waals surface area contributed by atoms with E-state index >= 15 is 0 Å². The highest BCUT2D eigenvalue weighted by Crippen LogP contribution is 2.39. The Balaban J connectivity index is 1.12. The van der Waals surface area contributed by atoms with Gasteiger partial charge in [0.15, 0.2) is 5.84 Å². The van der Waals surface area contributed by atoms with Crippen molar-refractivity contribution in [3.8, 4) is 11.4 Å². The van der Waals surface area contributed by atoms with Crippen LogP contribution in [0.25, 0.3) is 55.0 Å². The predicted molar refractivity (Wildman–Crippen MR) is 207 cm³/mol. The van der Waals surface area contributed by atoms with Crippen molar-refractivity contribution in [2.24, 2.45) is 9.98 Å². The number of nitrogens with zero attached hydrogens (tertiary/aromatic N) is 4. The van der Waals surface area contributed by atoms with Gasteiger partial charge in [-0.25, -0.2) is 9.98 Å². The summed E-state index contributed by atoms with van der Waals surface area (Å²) in [5.41, 5.74) is 10.1. The van der Waals surface area contributed by atoms with E-state index in [1.807, 2.05) is 36.4 Å². The van der Waals surface area contributed by atoms with E-state index in [-0.39, 0.29) is 6.17 Å². The van der Waals surface area contributed by atoms with Gasteiger partial charge in [0, 0.05) is 44.0 Å². The fraction of sp³-hybridized carbons (Fsp3) is 0.0222. The van der Waals surface area contributed by atoms with Crippen molar-refractivity contribution in [2.45, 2.75) is 6.17 Å². The quantitative estimate of drug-likeness (QED) is 0.200. The van der Waals surface area contributed by atoms with E-state index < -0.39 is 0 Å². The van der Waals surface area contributed by atoms with Crippen molar-refractivity contribution in [3.05, 3.63) is 193 Å². The van der Waals surface area contributed by atoms with Crippen LogP contribution in [0.2, 0.25) is 0 Å². The van der Waals surface area contributed by atoms with Crippen LogP contribution in [0.3, 0.4) is 0 Å². The van der Waals surface area contributed by atoms with Crippen LogP contribution in [0.15, 0.2) is 186 Å². The Bertz CT molecular complexity index is 2760. The highest BCUT2D eigenvalue weighted by atomic mass is 15.2. The molecule has 7 aromatic carbocycles. The average molecular weight is 642 g/mol. The maximum Gasteiger partial charge on any atom is 0.159 e. The summed E-state index contributed by atoms with van der Waals surface area (Å²) in [4.78, 5) is 10.0. The molecule has 1 aliphatic heterocycles. The highest BCUT2D eigenvalue weighted by molar-refractivity contribution is 6.19. The summed E-state index contributed by atoms with van der Waals surface area (Å²) >= 11 is 0. The maximum atomic E-state index is 5.09. The topological polar surface area (TPSA) is 46.6 Å². The molecule has 0 aliphatic carbocycles. The Morgan fingerprint density at radius 1 is 0.420 bits per heavy atom. The molecule has 2 aromatic heterocycles. The van der Waals surface area contributed by atoms with E-state index in [1.54, 1.807) is 0 Å². The third kappa shape index (κ3) is 4.55. The first-order valence-corrected chi connectivity index (χ1v) is 17.0. The number of hydrogen-bond donors (Lipinski definition) is 1. The molecule has 1 unspecified atom stereocenters. The van der Waals surface area contributed by atoms with E-state index in [9.17, 15) is 0 Å². The lowest BCUT2D eigenvalue weighted by atomic mass is 10.1. The van der Waals surface area contributed by atoms with E-state index in [4.69, 9.17) is 9.98 Å². The molecule has 9 aromatic rings. The molecular formula is C45H31N5. The van der Waals surface area contributed by atoms with E-state index in [0.717, 1.165) is 39.7 Å². The van der Waals surface area contributed by atoms with Crippen LogP contribution >= 0.6 is 0 Å². The van der Waals surface area contributed by atoms with Crippen molar-refractivity contribution >= 4 is 55.3 Å². The van der Waals surface area contributed by atoms with Gasteiger partial charge in [0.25, 0.3) is 0 Å². The average Bonchev–Trinajstić information content (AvgIpc) is 3.70. The van der Waals surface area contributed by atoms with Crippen molar-refractivity contribution < 1.29 is 0 Å². The van der Waals surface area contributed by atoms with Crippen molar-refractivity contribution in [1.29, 1.82) is 0 Å². The molecule has 0 fully saturated rings. The Hall–Kier alpha value is -6.72. The predicted octanol–water partition coefficient (Wildman–Crippen LogP) is 10.4. The molecule has 236 valence electrons. The molecule has 50 heavy (non-hydrogen) atoms. The summed E-state index contributed by atoms with van der Waals surface area (Å²) < 4.78 is 4.78. The second kappa shape index (κ2) is 11.5. The second-order valence-corrected chi connectivity index (χ2v) is 12.7. The fourth-order valence-corrected chi connectivity index (χ4v) is 7.45. The first-order chi connectivity index (χ1) is 24.8. The first kappa shape index (κ1) is 28.3. The number of fused-ring (bicyclic) bond motifs is 6. The van der Waals surface area contributed by atoms with Crippen LogP contribution in [-0.2, 0) is 0 Å². The molecule has 0 spiro atoms. The SMILES string of the molecule is c1ccc(C2=NC(c3ccc(-n4c5ccccc5c5cc6c(cc54)c4ccccc4n6-c4ccccc4)cc3)NC(c3ccccc3)=N2)cc1. The number of benzene rings is 7. The second-order valence-electron chi connectivity index (χ2n) is 12.7. The summed E-state index contributed by atoms with van der Waals surface area (Å²) in [6, 6.07) is 62.1. The Kier molecular flexibility index (Phi) is 6.49. The van der Waals surface area contributed by atoms with Gasteiger partial charge in [-0.15, -0.1) is 0 Å². The summed E-state index contributed by atoms with van der Waals surface area (Å²) in [6.07, 6.45) is -0.283. The Morgan fingerprint density at radius 2 is 0.900 bits per heavy atom. The molecule has 0 amide bonds. The highest BCUT2D eigenvalue weighted by Gasteiger charge is 2.22. The smallest absolute Gasteiger partial charge is 0.159 e. The van der Waals surface area contributed by atoms with E-state index in [2.05, 4.69) is 154 Å². The molecule has 0 bridgehead atoms. The van der Waals surface area contributed by atoms with Gasteiger partial charge in [0.2, 0.25) is 0 Å². The number of nitrogens with one attached hydrogen (secondary N) is 1. The van der Waals surface area contributed by atoms with E-state index in [0.29, 0.717) is 0 Å². The molecule has 5 nitrogen and oxygen atoms in total. The summed E-state index contributed by atoms with van der Waals surface area (Å²) in [5, 5.41) is 8.54. The number of hydrogen-bond acceptors (Lipinski definition) is 3. The standard InChI is InChI=1S/C45H31N5/c1-4-14-30(15-5-1)43-46-44(31-16-6-2-7-17-31)48-45(47-43)32-24-26-34(27-25-32)50-40-23-13-11-21-36(40)38-28-41-37(29-42(38)50)35-20-10-12-22-39(35)49(41)33-18-8-3-9-19-33/h1-29,45H,(H,46,47,48). The Morgan fingerprint density at radius 3 is 1.48 bits per heavy atom. The lowest BCUT2D eigenvalue weighted by Crippen LogP contribution is -2.33. The molecule has 1 N–H and O–H groups in total. The third-order valence-electron chi connectivity index (χ3n) is 9.77.